The fourth-order valence-electron chi connectivity index (χ4n) is 2.88. The van der Waals surface area contributed by atoms with E-state index in [9.17, 15) is 4.79 Å². The van der Waals surface area contributed by atoms with Gasteiger partial charge < -0.3 is 10.6 Å². The average molecular weight is 325 g/mol. The largest absolute Gasteiger partial charge is 0.355 e. The summed E-state index contributed by atoms with van der Waals surface area (Å²) in [5.41, 5.74) is 1.82. The standard InChI is InChI=1S/C18H28N2O.ClH/c1-14-6-8-16(9-7-14)18(2,3)17(21)20-12-10-15-5-4-11-19-13-15;/h6-9,15,19H,4-5,10-13H2,1-3H3,(H,20,21);1H. The molecular weight excluding hydrogens is 296 g/mol. The molecule has 0 saturated carbocycles. The van der Waals surface area contributed by atoms with E-state index in [0.717, 1.165) is 31.6 Å². The van der Waals surface area contributed by atoms with E-state index >= 15 is 0 Å². The molecule has 124 valence electrons. The minimum atomic E-state index is -0.474. The van der Waals surface area contributed by atoms with Crippen LogP contribution in [-0.4, -0.2) is 25.5 Å². The molecule has 0 bridgehead atoms. The van der Waals surface area contributed by atoms with E-state index in [1.54, 1.807) is 0 Å². The number of aryl methyl sites for hydroxylation is 1. The van der Waals surface area contributed by atoms with Gasteiger partial charge in [0, 0.05) is 6.54 Å². The number of rotatable bonds is 5. The molecular formula is C18H29ClN2O. The van der Waals surface area contributed by atoms with Crippen molar-refractivity contribution in [3.8, 4) is 0 Å². The Morgan fingerprint density at radius 3 is 2.59 bits per heavy atom. The first-order chi connectivity index (χ1) is 10.00. The lowest BCUT2D eigenvalue weighted by Gasteiger charge is -2.26. The zero-order valence-electron chi connectivity index (χ0n) is 13.9. The summed E-state index contributed by atoms with van der Waals surface area (Å²) in [5, 5.41) is 6.54. The molecule has 1 saturated heterocycles. The smallest absolute Gasteiger partial charge is 0.230 e. The molecule has 1 aromatic carbocycles. The Bertz CT molecular complexity index is 464. The number of piperidine rings is 1. The SMILES string of the molecule is Cc1ccc(C(C)(C)C(=O)NCCC2CCCNC2)cc1.Cl. The highest BCUT2D eigenvalue weighted by molar-refractivity contribution is 5.87. The molecule has 1 unspecified atom stereocenters. The first-order valence-corrected chi connectivity index (χ1v) is 8.06. The van der Waals surface area contributed by atoms with E-state index in [1.807, 2.05) is 13.8 Å². The van der Waals surface area contributed by atoms with E-state index in [1.165, 1.54) is 18.4 Å². The first kappa shape index (κ1) is 19.0. The molecule has 1 atom stereocenters. The Morgan fingerprint density at radius 2 is 2.00 bits per heavy atom. The number of hydrogen-bond donors (Lipinski definition) is 2. The van der Waals surface area contributed by atoms with Gasteiger partial charge in [0.25, 0.3) is 0 Å². The van der Waals surface area contributed by atoms with Crippen LogP contribution in [0.4, 0.5) is 0 Å². The van der Waals surface area contributed by atoms with Crippen molar-refractivity contribution in [2.24, 2.45) is 5.92 Å². The van der Waals surface area contributed by atoms with E-state index in [4.69, 9.17) is 0 Å². The van der Waals surface area contributed by atoms with Crippen LogP contribution in [-0.2, 0) is 10.2 Å². The van der Waals surface area contributed by atoms with Gasteiger partial charge in [0.2, 0.25) is 5.91 Å². The number of nitrogens with one attached hydrogen (secondary N) is 2. The summed E-state index contributed by atoms with van der Waals surface area (Å²) in [4.78, 5) is 12.5. The summed E-state index contributed by atoms with van der Waals surface area (Å²) in [6, 6.07) is 8.25. The van der Waals surface area contributed by atoms with Crippen LogP contribution in [0.3, 0.4) is 0 Å². The molecule has 4 heteroatoms. The third-order valence-electron chi connectivity index (χ3n) is 4.58. The number of benzene rings is 1. The van der Waals surface area contributed by atoms with Gasteiger partial charge in [0.15, 0.2) is 0 Å². The monoisotopic (exact) mass is 324 g/mol. The highest BCUT2D eigenvalue weighted by atomic mass is 35.5. The van der Waals surface area contributed by atoms with Crippen molar-refractivity contribution >= 4 is 18.3 Å². The van der Waals surface area contributed by atoms with Gasteiger partial charge in [-0.25, -0.2) is 0 Å². The van der Waals surface area contributed by atoms with Crippen molar-refractivity contribution in [2.75, 3.05) is 19.6 Å². The minimum absolute atomic E-state index is 0. The molecule has 2 rings (SSSR count). The normalized spacial score (nSPS) is 18.4. The average Bonchev–Trinajstić information content (AvgIpc) is 2.48. The minimum Gasteiger partial charge on any atom is -0.355 e. The lowest BCUT2D eigenvalue weighted by molar-refractivity contribution is -0.125. The Labute approximate surface area is 140 Å². The second kappa shape index (κ2) is 8.54. The van der Waals surface area contributed by atoms with Gasteiger partial charge in [-0.15, -0.1) is 12.4 Å². The molecule has 1 fully saturated rings. The Kier molecular flexibility index (Phi) is 7.37. The molecule has 1 amide bonds. The molecule has 0 aromatic heterocycles. The van der Waals surface area contributed by atoms with Crippen molar-refractivity contribution in [1.29, 1.82) is 0 Å². The number of hydrogen-bond acceptors (Lipinski definition) is 2. The topological polar surface area (TPSA) is 41.1 Å². The summed E-state index contributed by atoms with van der Waals surface area (Å²) < 4.78 is 0. The Balaban J connectivity index is 0.00000242. The lowest BCUT2D eigenvalue weighted by Crippen LogP contribution is -2.41. The summed E-state index contributed by atoms with van der Waals surface area (Å²) >= 11 is 0. The molecule has 0 aliphatic carbocycles. The van der Waals surface area contributed by atoms with Crippen molar-refractivity contribution < 1.29 is 4.79 Å². The number of carbonyl (C=O) groups excluding carboxylic acids is 1. The third kappa shape index (κ3) is 4.99. The van der Waals surface area contributed by atoms with Gasteiger partial charge in [0.05, 0.1) is 5.41 Å². The van der Waals surface area contributed by atoms with Gasteiger partial charge >= 0.3 is 0 Å². The van der Waals surface area contributed by atoms with Crippen LogP contribution in [0.5, 0.6) is 0 Å². The summed E-state index contributed by atoms with van der Waals surface area (Å²) in [5.74, 6) is 0.830. The van der Waals surface area contributed by atoms with Crippen LogP contribution in [0.2, 0.25) is 0 Å². The van der Waals surface area contributed by atoms with Crippen LogP contribution >= 0.6 is 12.4 Å². The summed E-state index contributed by atoms with van der Waals surface area (Å²) in [6.07, 6.45) is 3.61. The van der Waals surface area contributed by atoms with E-state index in [-0.39, 0.29) is 18.3 Å². The molecule has 22 heavy (non-hydrogen) atoms. The van der Waals surface area contributed by atoms with Crippen molar-refractivity contribution in [3.63, 3.8) is 0 Å². The third-order valence-corrected chi connectivity index (χ3v) is 4.58. The maximum atomic E-state index is 12.5. The second-order valence-corrected chi connectivity index (χ2v) is 6.75. The predicted molar refractivity (Wildman–Crippen MR) is 94.7 cm³/mol. The Hall–Kier alpha value is -1.06. The van der Waals surface area contributed by atoms with E-state index in [0.29, 0.717) is 5.92 Å². The van der Waals surface area contributed by atoms with Gasteiger partial charge in [0.1, 0.15) is 0 Å². The number of amides is 1. The number of carbonyl (C=O) groups is 1. The maximum absolute atomic E-state index is 12.5. The van der Waals surface area contributed by atoms with Crippen LogP contribution in [0, 0.1) is 12.8 Å². The molecule has 1 aliphatic rings. The molecule has 0 spiro atoms. The highest BCUT2D eigenvalue weighted by Crippen LogP contribution is 2.24. The van der Waals surface area contributed by atoms with Crippen molar-refractivity contribution in [2.45, 2.75) is 45.4 Å². The van der Waals surface area contributed by atoms with Gasteiger partial charge in [-0.05, 0) is 64.6 Å². The second-order valence-electron chi connectivity index (χ2n) is 6.75. The van der Waals surface area contributed by atoms with Crippen molar-refractivity contribution in [1.82, 2.24) is 10.6 Å². The van der Waals surface area contributed by atoms with Gasteiger partial charge in [-0.3, -0.25) is 4.79 Å². The zero-order valence-corrected chi connectivity index (χ0v) is 14.8. The van der Waals surface area contributed by atoms with Gasteiger partial charge in [-0.2, -0.15) is 0 Å². The van der Waals surface area contributed by atoms with Gasteiger partial charge in [-0.1, -0.05) is 29.8 Å². The Morgan fingerprint density at radius 1 is 1.32 bits per heavy atom. The highest BCUT2D eigenvalue weighted by Gasteiger charge is 2.29. The van der Waals surface area contributed by atoms with Crippen LogP contribution in [0.1, 0.15) is 44.2 Å². The summed E-state index contributed by atoms with van der Waals surface area (Å²) in [7, 11) is 0. The predicted octanol–water partition coefficient (Wildman–Crippen LogP) is 3.20. The van der Waals surface area contributed by atoms with E-state index < -0.39 is 5.41 Å². The van der Waals surface area contributed by atoms with Crippen molar-refractivity contribution in [3.05, 3.63) is 35.4 Å². The quantitative estimate of drug-likeness (QED) is 0.873. The molecule has 3 nitrogen and oxygen atoms in total. The maximum Gasteiger partial charge on any atom is 0.230 e. The molecule has 1 aliphatic heterocycles. The fraction of sp³-hybridized carbons (Fsp3) is 0.611. The molecule has 0 radical (unpaired) electrons. The zero-order chi connectivity index (χ0) is 15.3. The first-order valence-electron chi connectivity index (χ1n) is 8.06. The van der Waals surface area contributed by atoms with Crippen LogP contribution in [0.15, 0.2) is 24.3 Å². The molecule has 2 N–H and O–H groups in total. The molecule has 1 aromatic rings. The fourth-order valence-corrected chi connectivity index (χ4v) is 2.88. The van der Waals surface area contributed by atoms with Crippen LogP contribution < -0.4 is 10.6 Å². The molecule has 1 heterocycles. The number of halogens is 1. The van der Waals surface area contributed by atoms with E-state index in [2.05, 4.69) is 41.8 Å². The summed E-state index contributed by atoms with van der Waals surface area (Å²) in [6.45, 7) is 9.07. The lowest BCUT2D eigenvalue weighted by atomic mass is 9.83. The van der Waals surface area contributed by atoms with Crippen LogP contribution in [0.25, 0.3) is 0 Å².